The van der Waals surface area contributed by atoms with Gasteiger partial charge in [0, 0.05) is 11.1 Å². The number of hydrogen-bond donors (Lipinski definition) is 1. The third-order valence-corrected chi connectivity index (χ3v) is 3.02. The van der Waals surface area contributed by atoms with E-state index < -0.39 is 11.6 Å². The lowest BCUT2D eigenvalue weighted by Gasteiger charge is -2.07. The van der Waals surface area contributed by atoms with E-state index in [2.05, 4.69) is 12.2 Å². The van der Waals surface area contributed by atoms with Crippen LogP contribution in [0.3, 0.4) is 0 Å². The second kappa shape index (κ2) is 5.97. The lowest BCUT2D eigenvalue weighted by molar-refractivity contribution is 0.482. The molecule has 102 valence electrons. The van der Waals surface area contributed by atoms with Gasteiger partial charge in [0.15, 0.2) is 11.6 Å². The predicted molar refractivity (Wildman–Crippen MR) is 70.8 cm³/mol. The zero-order valence-electron chi connectivity index (χ0n) is 11.1. The molecule has 2 rings (SSSR count). The van der Waals surface area contributed by atoms with Crippen molar-refractivity contribution in [1.29, 1.82) is 0 Å². The minimum atomic E-state index is -0.821. The van der Waals surface area contributed by atoms with E-state index >= 15 is 0 Å². The average molecular weight is 265 g/mol. The number of rotatable bonds is 5. The van der Waals surface area contributed by atoms with Crippen molar-refractivity contribution in [3.63, 3.8) is 0 Å². The molecule has 2 nitrogen and oxygen atoms in total. The first-order valence-corrected chi connectivity index (χ1v) is 6.37. The Morgan fingerprint density at radius 1 is 1.11 bits per heavy atom. The zero-order valence-corrected chi connectivity index (χ0v) is 11.1. The zero-order chi connectivity index (χ0) is 13.8. The fourth-order valence-electron chi connectivity index (χ4n) is 1.95. The van der Waals surface area contributed by atoms with Gasteiger partial charge >= 0.3 is 0 Å². The highest BCUT2D eigenvalue weighted by atomic mass is 19.2. The molecule has 4 heteroatoms. The van der Waals surface area contributed by atoms with Crippen molar-refractivity contribution >= 4 is 0 Å². The van der Waals surface area contributed by atoms with Crippen molar-refractivity contribution < 1.29 is 13.2 Å². The second-order valence-corrected chi connectivity index (χ2v) is 4.49. The van der Waals surface area contributed by atoms with E-state index in [1.165, 1.54) is 6.26 Å². The van der Waals surface area contributed by atoms with Crippen LogP contribution in [0.15, 0.2) is 28.9 Å². The Morgan fingerprint density at radius 3 is 2.63 bits per heavy atom. The summed E-state index contributed by atoms with van der Waals surface area (Å²) in [6.45, 7) is 4.96. The van der Waals surface area contributed by atoms with Gasteiger partial charge in [-0.2, -0.15) is 0 Å². The van der Waals surface area contributed by atoms with Gasteiger partial charge in [-0.25, -0.2) is 8.78 Å². The van der Waals surface area contributed by atoms with Crippen LogP contribution in [0.4, 0.5) is 8.78 Å². The van der Waals surface area contributed by atoms with E-state index in [0.717, 1.165) is 13.0 Å². The Labute approximate surface area is 111 Å². The van der Waals surface area contributed by atoms with Crippen LogP contribution in [-0.2, 0) is 6.54 Å². The highest BCUT2D eigenvalue weighted by Gasteiger charge is 2.16. The Bertz CT molecular complexity index is 563. The van der Waals surface area contributed by atoms with Crippen LogP contribution in [0.1, 0.15) is 24.7 Å². The highest BCUT2D eigenvalue weighted by Crippen LogP contribution is 2.29. The number of nitrogens with one attached hydrogen (secondary N) is 1. The van der Waals surface area contributed by atoms with Crippen LogP contribution in [0.2, 0.25) is 0 Å². The standard InChI is InChI=1S/C15H17F2NO/c1-3-7-18-9-13-11(6-8-19-13)12-5-4-10(2)14(16)15(12)17/h4-6,8,18H,3,7,9H2,1-2H3. The smallest absolute Gasteiger partial charge is 0.167 e. The van der Waals surface area contributed by atoms with Crippen LogP contribution in [0.25, 0.3) is 11.1 Å². The molecule has 0 aliphatic rings. The van der Waals surface area contributed by atoms with Gasteiger partial charge in [0.2, 0.25) is 0 Å². The quantitative estimate of drug-likeness (QED) is 0.826. The maximum absolute atomic E-state index is 14.0. The summed E-state index contributed by atoms with van der Waals surface area (Å²) in [5, 5.41) is 3.18. The fraction of sp³-hybridized carbons (Fsp3) is 0.333. The minimum absolute atomic E-state index is 0.241. The maximum Gasteiger partial charge on any atom is 0.167 e. The number of halogens is 2. The fourth-order valence-corrected chi connectivity index (χ4v) is 1.95. The topological polar surface area (TPSA) is 25.2 Å². The summed E-state index contributed by atoms with van der Waals surface area (Å²) in [5.41, 5.74) is 1.14. The summed E-state index contributed by atoms with van der Waals surface area (Å²) < 4.78 is 32.9. The molecule has 1 aromatic heterocycles. The molecule has 0 aliphatic carbocycles. The molecule has 0 amide bonds. The molecule has 1 N–H and O–H groups in total. The average Bonchev–Trinajstić information content (AvgIpc) is 2.85. The minimum Gasteiger partial charge on any atom is -0.467 e. The van der Waals surface area contributed by atoms with Gasteiger partial charge in [-0.1, -0.05) is 19.1 Å². The first-order valence-electron chi connectivity index (χ1n) is 6.37. The molecule has 2 aromatic rings. The second-order valence-electron chi connectivity index (χ2n) is 4.49. The molecule has 0 fully saturated rings. The molecule has 19 heavy (non-hydrogen) atoms. The van der Waals surface area contributed by atoms with Crippen molar-refractivity contribution in [3.05, 3.63) is 47.4 Å². The van der Waals surface area contributed by atoms with Crippen molar-refractivity contribution in [3.8, 4) is 11.1 Å². The van der Waals surface area contributed by atoms with Crippen molar-refractivity contribution in [2.75, 3.05) is 6.54 Å². The largest absolute Gasteiger partial charge is 0.467 e. The van der Waals surface area contributed by atoms with E-state index in [-0.39, 0.29) is 5.56 Å². The molecule has 0 bridgehead atoms. The van der Waals surface area contributed by atoms with Crippen molar-refractivity contribution in [1.82, 2.24) is 5.32 Å². The summed E-state index contributed by atoms with van der Waals surface area (Å²) in [6, 6.07) is 4.82. The number of benzene rings is 1. The molecule has 0 aliphatic heterocycles. The SMILES string of the molecule is CCCNCc1occc1-c1ccc(C)c(F)c1F. The summed E-state index contributed by atoms with van der Waals surface area (Å²) in [4.78, 5) is 0. The molecular formula is C15H17F2NO. The molecule has 0 saturated heterocycles. The molecule has 0 saturated carbocycles. The number of aryl methyl sites for hydroxylation is 1. The third-order valence-electron chi connectivity index (χ3n) is 3.02. The molecular weight excluding hydrogens is 248 g/mol. The van der Waals surface area contributed by atoms with Gasteiger partial charge < -0.3 is 9.73 Å². The van der Waals surface area contributed by atoms with E-state index in [0.29, 0.717) is 23.4 Å². The van der Waals surface area contributed by atoms with E-state index in [1.54, 1.807) is 25.1 Å². The normalized spacial score (nSPS) is 10.9. The van der Waals surface area contributed by atoms with Gasteiger partial charge in [0.1, 0.15) is 5.76 Å². The summed E-state index contributed by atoms with van der Waals surface area (Å²) in [5.74, 6) is -1.00. The van der Waals surface area contributed by atoms with Gasteiger partial charge in [-0.3, -0.25) is 0 Å². The molecule has 0 unspecified atom stereocenters. The Balaban J connectivity index is 2.32. The van der Waals surface area contributed by atoms with Crippen LogP contribution in [0.5, 0.6) is 0 Å². The van der Waals surface area contributed by atoms with Crippen LogP contribution < -0.4 is 5.32 Å². The van der Waals surface area contributed by atoms with Crippen LogP contribution >= 0.6 is 0 Å². The lowest BCUT2D eigenvalue weighted by Crippen LogP contribution is -2.13. The predicted octanol–water partition coefficient (Wildman–Crippen LogP) is 4.03. The molecule has 0 atom stereocenters. The first kappa shape index (κ1) is 13.7. The summed E-state index contributed by atoms with van der Waals surface area (Å²) in [6.07, 6.45) is 2.50. The van der Waals surface area contributed by atoms with E-state index in [4.69, 9.17) is 4.42 Å². The Kier molecular flexibility index (Phi) is 4.32. The molecule has 0 spiro atoms. The summed E-state index contributed by atoms with van der Waals surface area (Å²) in [7, 11) is 0. The Hall–Kier alpha value is -1.68. The lowest BCUT2D eigenvalue weighted by atomic mass is 10.0. The Morgan fingerprint density at radius 2 is 1.89 bits per heavy atom. The van der Waals surface area contributed by atoms with Gasteiger partial charge in [-0.05, 0) is 31.5 Å². The third kappa shape index (κ3) is 2.84. The monoisotopic (exact) mass is 265 g/mol. The van der Waals surface area contributed by atoms with Gasteiger partial charge in [0.05, 0.1) is 12.8 Å². The molecule has 1 aromatic carbocycles. The van der Waals surface area contributed by atoms with Gasteiger partial charge in [0.25, 0.3) is 0 Å². The first-order chi connectivity index (χ1) is 9.15. The van der Waals surface area contributed by atoms with Crippen LogP contribution in [0, 0.1) is 18.6 Å². The van der Waals surface area contributed by atoms with Gasteiger partial charge in [-0.15, -0.1) is 0 Å². The molecule has 0 radical (unpaired) electrons. The maximum atomic E-state index is 14.0. The van der Waals surface area contributed by atoms with Crippen LogP contribution in [-0.4, -0.2) is 6.54 Å². The number of hydrogen-bond acceptors (Lipinski definition) is 2. The highest BCUT2D eigenvalue weighted by molar-refractivity contribution is 5.66. The molecule has 1 heterocycles. The van der Waals surface area contributed by atoms with E-state index in [1.807, 2.05) is 0 Å². The number of furan rings is 1. The van der Waals surface area contributed by atoms with Crippen molar-refractivity contribution in [2.45, 2.75) is 26.8 Å². The van der Waals surface area contributed by atoms with Crippen molar-refractivity contribution in [2.24, 2.45) is 0 Å². The van der Waals surface area contributed by atoms with E-state index in [9.17, 15) is 8.78 Å². The summed E-state index contributed by atoms with van der Waals surface area (Å²) >= 11 is 0.